The molecule has 0 amide bonds. The average molecular weight is 326 g/mol. The largest absolute Gasteiger partial charge is 0.276 e. The van der Waals surface area contributed by atoms with Crippen molar-refractivity contribution in [2.75, 3.05) is 18.6 Å². The van der Waals surface area contributed by atoms with Crippen molar-refractivity contribution in [3.8, 4) is 5.69 Å². The molecule has 0 saturated carbocycles. The van der Waals surface area contributed by atoms with Crippen LogP contribution >= 0.6 is 11.8 Å². The smallest absolute Gasteiger partial charge is 0.208 e. The molecule has 0 radical (unpaired) electrons. The Hall–Kier alpha value is -1.38. The van der Waals surface area contributed by atoms with Crippen LogP contribution in [0.1, 0.15) is 11.1 Å². The predicted molar refractivity (Wildman–Crippen MR) is 84.4 cm³/mol. The van der Waals surface area contributed by atoms with Crippen molar-refractivity contribution >= 4 is 21.8 Å². The molecule has 0 fully saturated rings. The van der Waals surface area contributed by atoms with Crippen molar-refractivity contribution in [3.05, 3.63) is 35.7 Å². The summed E-state index contributed by atoms with van der Waals surface area (Å²) in [6.07, 6.45) is 2.82. The third-order valence-electron chi connectivity index (χ3n) is 2.83. The number of benzene rings is 1. The first kappa shape index (κ1) is 16.0. The molecule has 0 aliphatic rings. The predicted octanol–water partition coefficient (Wildman–Crippen LogP) is 1.53. The molecule has 1 heterocycles. The van der Waals surface area contributed by atoms with Crippen molar-refractivity contribution < 1.29 is 8.42 Å². The van der Waals surface area contributed by atoms with Gasteiger partial charge in [-0.25, -0.2) is 13.1 Å². The zero-order valence-electron chi connectivity index (χ0n) is 12.2. The van der Waals surface area contributed by atoms with Gasteiger partial charge in [-0.1, -0.05) is 29.5 Å². The van der Waals surface area contributed by atoms with E-state index in [1.165, 1.54) is 17.3 Å². The van der Waals surface area contributed by atoms with Gasteiger partial charge < -0.3 is 0 Å². The summed E-state index contributed by atoms with van der Waals surface area (Å²) in [6, 6.07) is 6.18. The van der Waals surface area contributed by atoms with Gasteiger partial charge in [-0.15, -0.1) is 10.2 Å². The maximum absolute atomic E-state index is 11.0. The fraction of sp³-hybridized carbons (Fsp3) is 0.385. The number of thioether (sulfide) groups is 1. The van der Waals surface area contributed by atoms with E-state index in [4.69, 9.17) is 0 Å². The van der Waals surface area contributed by atoms with Crippen LogP contribution in [0.15, 0.2) is 29.7 Å². The minimum Gasteiger partial charge on any atom is -0.276 e. The summed E-state index contributed by atoms with van der Waals surface area (Å²) in [6.45, 7) is 4.46. The van der Waals surface area contributed by atoms with E-state index in [1.54, 1.807) is 6.33 Å². The summed E-state index contributed by atoms with van der Waals surface area (Å²) in [5.41, 5.74) is 3.38. The molecule has 1 N–H and O–H groups in total. The summed E-state index contributed by atoms with van der Waals surface area (Å²) < 4.78 is 26.4. The van der Waals surface area contributed by atoms with Crippen molar-refractivity contribution in [1.29, 1.82) is 0 Å². The molecule has 1 aromatic carbocycles. The zero-order chi connectivity index (χ0) is 15.5. The van der Waals surface area contributed by atoms with E-state index in [-0.39, 0.29) is 0 Å². The quantitative estimate of drug-likeness (QED) is 0.643. The van der Waals surface area contributed by atoms with Gasteiger partial charge in [-0.2, -0.15) is 0 Å². The third-order valence-corrected chi connectivity index (χ3v) is 4.50. The van der Waals surface area contributed by atoms with E-state index in [0.717, 1.165) is 22.7 Å². The molecule has 2 aromatic rings. The molecule has 0 spiro atoms. The Morgan fingerprint density at radius 2 is 2.10 bits per heavy atom. The summed E-state index contributed by atoms with van der Waals surface area (Å²) in [4.78, 5) is 0. The number of hydrogen-bond acceptors (Lipinski definition) is 5. The normalized spacial score (nSPS) is 11.8. The number of hydrogen-bond donors (Lipinski definition) is 1. The fourth-order valence-corrected chi connectivity index (χ4v) is 3.31. The number of nitrogens with one attached hydrogen (secondary N) is 1. The van der Waals surface area contributed by atoms with Gasteiger partial charge >= 0.3 is 0 Å². The lowest BCUT2D eigenvalue weighted by Crippen LogP contribution is -2.24. The van der Waals surface area contributed by atoms with Crippen LogP contribution < -0.4 is 4.72 Å². The molecule has 1 aromatic heterocycles. The molecular formula is C13H18N4O2S2. The van der Waals surface area contributed by atoms with Crippen LogP contribution in [-0.4, -0.2) is 41.7 Å². The molecule has 0 atom stereocenters. The fourth-order valence-electron chi connectivity index (χ4n) is 1.93. The van der Waals surface area contributed by atoms with Gasteiger partial charge in [0.15, 0.2) is 5.16 Å². The zero-order valence-corrected chi connectivity index (χ0v) is 13.8. The number of sulfonamides is 1. The maximum Gasteiger partial charge on any atom is 0.208 e. The number of aryl methyl sites for hydroxylation is 2. The molecule has 21 heavy (non-hydrogen) atoms. The molecule has 0 unspecified atom stereocenters. The number of rotatable bonds is 6. The standard InChI is InChI=1S/C13H18N4O2S2/c1-10-4-5-12(11(2)8-10)17-9-14-16-13(17)20-7-6-15-21(3,18)19/h4-5,8-9,15H,6-7H2,1-3H3. The topological polar surface area (TPSA) is 76.9 Å². The van der Waals surface area contributed by atoms with Gasteiger partial charge in [-0.3, -0.25) is 4.57 Å². The highest BCUT2D eigenvalue weighted by molar-refractivity contribution is 7.99. The monoisotopic (exact) mass is 326 g/mol. The van der Waals surface area contributed by atoms with Crippen LogP contribution in [0.2, 0.25) is 0 Å². The highest BCUT2D eigenvalue weighted by atomic mass is 32.2. The van der Waals surface area contributed by atoms with E-state index >= 15 is 0 Å². The van der Waals surface area contributed by atoms with Crippen LogP contribution in [0.4, 0.5) is 0 Å². The molecule has 8 heteroatoms. The molecule has 0 aliphatic carbocycles. The van der Waals surface area contributed by atoms with Crippen LogP contribution in [0.3, 0.4) is 0 Å². The summed E-state index contributed by atoms with van der Waals surface area (Å²) in [5, 5.41) is 8.78. The van der Waals surface area contributed by atoms with E-state index < -0.39 is 10.0 Å². The Kier molecular flexibility index (Phi) is 5.02. The molecule has 6 nitrogen and oxygen atoms in total. The number of nitrogens with zero attached hydrogens (tertiary/aromatic N) is 3. The molecule has 0 saturated heterocycles. The molecule has 0 aliphatic heterocycles. The Balaban J connectivity index is 2.08. The molecular weight excluding hydrogens is 308 g/mol. The van der Waals surface area contributed by atoms with E-state index in [9.17, 15) is 8.42 Å². The first-order valence-corrected chi connectivity index (χ1v) is 9.29. The molecule has 0 bridgehead atoms. The van der Waals surface area contributed by atoms with Crippen molar-refractivity contribution in [2.45, 2.75) is 19.0 Å². The average Bonchev–Trinajstić information content (AvgIpc) is 2.82. The van der Waals surface area contributed by atoms with Crippen molar-refractivity contribution in [1.82, 2.24) is 19.5 Å². The second kappa shape index (κ2) is 6.59. The highest BCUT2D eigenvalue weighted by Crippen LogP contribution is 2.22. The molecule has 114 valence electrons. The van der Waals surface area contributed by atoms with Crippen LogP contribution in [0.25, 0.3) is 5.69 Å². The Bertz CT molecular complexity index is 726. The first-order chi connectivity index (χ1) is 9.87. The highest BCUT2D eigenvalue weighted by Gasteiger charge is 2.09. The van der Waals surface area contributed by atoms with Gasteiger partial charge in [0, 0.05) is 12.3 Å². The van der Waals surface area contributed by atoms with Gasteiger partial charge in [0.05, 0.1) is 11.9 Å². The van der Waals surface area contributed by atoms with E-state index in [1.807, 2.05) is 23.6 Å². The Labute approximate surface area is 129 Å². The minimum atomic E-state index is -3.15. The van der Waals surface area contributed by atoms with Gasteiger partial charge in [-0.05, 0) is 25.5 Å². The van der Waals surface area contributed by atoms with Crippen LogP contribution in [-0.2, 0) is 10.0 Å². The Morgan fingerprint density at radius 1 is 1.33 bits per heavy atom. The number of aromatic nitrogens is 3. The van der Waals surface area contributed by atoms with Gasteiger partial charge in [0.1, 0.15) is 6.33 Å². The maximum atomic E-state index is 11.0. The summed E-state index contributed by atoms with van der Waals surface area (Å²) >= 11 is 1.46. The minimum absolute atomic E-state index is 0.364. The lowest BCUT2D eigenvalue weighted by molar-refractivity contribution is 0.590. The summed E-state index contributed by atoms with van der Waals surface area (Å²) in [7, 11) is -3.15. The van der Waals surface area contributed by atoms with E-state index in [0.29, 0.717) is 12.3 Å². The van der Waals surface area contributed by atoms with E-state index in [2.05, 4.69) is 27.9 Å². The van der Waals surface area contributed by atoms with Crippen LogP contribution in [0.5, 0.6) is 0 Å². The second-order valence-corrected chi connectivity index (χ2v) is 7.68. The Morgan fingerprint density at radius 3 is 2.76 bits per heavy atom. The summed E-state index contributed by atoms with van der Waals surface area (Å²) in [5.74, 6) is 0.594. The lowest BCUT2D eigenvalue weighted by atomic mass is 10.1. The second-order valence-electron chi connectivity index (χ2n) is 4.79. The van der Waals surface area contributed by atoms with Gasteiger partial charge in [0.25, 0.3) is 0 Å². The van der Waals surface area contributed by atoms with Crippen molar-refractivity contribution in [3.63, 3.8) is 0 Å². The first-order valence-electron chi connectivity index (χ1n) is 6.42. The van der Waals surface area contributed by atoms with Crippen LogP contribution in [0, 0.1) is 13.8 Å². The molecule has 2 rings (SSSR count). The third kappa shape index (κ3) is 4.55. The van der Waals surface area contributed by atoms with Gasteiger partial charge in [0.2, 0.25) is 10.0 Å². The lowest BCUT2D eigenvalue weighted by Gasteiger charge is -2.10. The SMILES string of the molecule is Cc1ccc(-n2cnnc2SCCNS(C)(=O)=O)c(C)c1. The van der Waals surface area contributed by atoms with Crippen molar-refractivity contribution in [2.24, 2.45) is 0 Å².